The van der Waals surface area contributed by atoms with Gasteiger partial charge in [-0.2, -0.15) is 4.98 Å². The summed E-state index contributed by atoms with van der Waals surface area (Å²) in [5.41, 5.74) is 1.37. The summed E-state index contributed by atoms with van der Waals surface area (Å²) in [5.74, 6) is 1.84. The minimum atomic E-state index is 0.508. The van der Waals surface area contributed by atoms with Gasteiger partial charge in [-0.25, -0.2) is 9.97 Å². The summed E-state index contributed by atoms with van der Waals surface area (Å²) in [5, 5.41) is 1.25. The molecule has 0 radical (unpaired) electrons. The lowest BCUT2D eigenvalue weighted by Crippen LogP contribution is -2.44. The predicted molar refractivity (Wildman–Crippen MR) is 117 cm³/mol. The Morgan fingerprint density at radius 2 is 1.83 bits per heavy atom. The third-order valence-electron chi connectivity index (χ3n) is 6.40. The van der Waals surface area contributed by atoms with Gasteiger partial charge in [-0.05, 0) is 44.6 Å². The number of rotatable bonds is 4. The molecule has 2 aromatic rings. The van der Waals surface area contributed by atoms with E-state index in [0.717, 1.165) is 64.0 Å². The van der Waals surface area contributed by atoms with Crippen molar-refractivity contribution in [1.29, 1.82) is 0 Å². The van der Waals surface area contributed by atoms with Crippen LogP contribution in [0.2, 0.25) is 0 Å². The number of nitrogens with zero attached hydrogens (tertiary/aromatic N) is 6. The number of piperidine rings is 1. The van der Waals surface area contributed by atoms with Crippen molar-refractivity contribution in [3.05, 3.63) is 22.8 Å². The highest BCUT2D eigenvalue weighted by molar-refractivity contribution is 7.15. The second kappa shape index (κ2) is 8.44. The van der Waals surface area contributed by atoms with E-state index in [2.05, 4.69) is 26.7 Å². The highest BCUT2D eigenvalue weighted by Gasteiger charge is 2.27. The number of hydrogen-bond acceptors (Lipinski definition) is 8. The van der Waals surface area contributed by atoms with Crippen LogP contribution in [0.5, 0.6) is 0 Å². The predicted octanol–water partition coefficient (Wildman–Crippen LogP) is 2.75. The molecule has 0 atom stereocenters. The molecule has 156 valence electrons. The van der Waals surface area contributed by atoms with Crippen molar-refractivity contribution in [2.45, 2.75) is 44.6 Å². The van der Waals surface area contributed by atoms with E-state index in [4.69, 9.17) is 14.7 Å². The number of hydrogen-bond donors (Lipinski definition) is 0. The van der Waals surface area contributed by atoms with Gasteiger partial charge in [0.05, 0.1) is 18.9 Å². The minimum Gasteiger partial charge on any atom is -0.378 e. The van der Waals surface area contributed by atoms with Gasteiger partial charge < -0.3 is 19.4 Å². The zero-order valence-electron chi connectivity index (χ0n) is 17.2. The van der Waals surface area contributed by atoms with Crippen LogP contribution in [0.3, 0.4) is 0 Å². The molecular weight excluding hydrogens is 384 g/mol. The number of ether oxygens (including phenoxy) is 1. The molecule has 2 saturated heterocycles. The van der Waals surface area contributed by atoms with E-state index < -0.39 is 0 Å². The standard InChI is InChI=1S/C21H30N6OS/c1-25(19-6-9-22-20(24-19)26-12-14-28-15-13-26)16-7-10-27(11-8-16)21-23-17-4-2-3-5-18(17)29-21/h6,9,16H,2-5,7-8,10-15H2,1H3. The molecule has 4 heterocycles. The van der Waals surface area contributed by atoms with Gasteiger partial charge >= 0.3 is 0 Å². The summed E-state index contributed by atoms with van der Waals surface area (Å²) in [6.45, 7) is 5.38. The minimum absolute atomic E-state index is 0.508. The van der Waals surface area contributed by atoms with Crippen LogP contribution in [0, 0.1) is 0 Å². The van der Waals surface area contributed by atoms with Gasteiger partial charge in [0, 0.05) is 50.3 Å². The fourth-order valence-electron chi connectivity index (χ4n) is 4.56. The van der Waals surface area contributed by atoms with Crippen LogP contribution in [0.25, 0.3) is 0 Å². The SMILES string of the molecule is CN(c1ccnc(N2CCOCC2)n1)C1CCN(c2nc3c(s2)CCCC3)CC1. The van der Waals surface area contributed by atoms with Crippen molar-refractivity contribution >= 4 is 28.2 Å². The van der Waals surface area contributed by atoms with Crippen LogP contribution in [-0.4, -0.2) is 67.4 Å². The number of thiazole rings is 1. The molecule has 0 aromatic carbocycles. The van der Waals surface area contributed by atoms with E-state index >= 15 is 0 Å². The maximum Gasteiger partial charge on any atom is 0.227 e. The highest BCUT2D eigenvalue weighted by Crippen LogP contribution is 2.33. The lowest BCUT2D eigenvalue weighted by molar-refractivity contribution is 0.122. The number of aryl methyl sites for hydroxylation is 2. The third-order valence-corrected chi connectivity index (χ3v) is 7.62. The molecule has 0 spiro atoms. The molecular formula is C21H30N6OS. The largest absolute Gasteiger partial charge is 0.378 e. The molecule has 2 aliphatic heterocycles. The summed E-state index contributed by atoms with van der Waals surface area (Å²) in [4.78, 5) is 22.9. The normalized spacial score (nSPS) is 20.6. The van der Waals surface area contributed by atoms with Crippen LogP contribution in [0.4, 0.5) is 16.9 Å². The summed E-state index contributed by atoms with van der Waals surface area (Å²) in [7, 11) is 2.17. The molecule has 3 aliphatic rings. The summed E-state index contributed by atoms with van der Waals surface area (Å²) >= 11 is 1.93. The number of morpholine rings is 1. The zero-order valence-corrected chi connectivity index (χ0v) is 18.0. The van der Waals surface area contributed by atoms with Crippen molar-refractivity contribution in [2.24, 2.45) is 0 Å². The first-order chi connectivity index (χ1) is 14.3. The van der Waals surface area contributed by atoms with E-state index in [1.807, 2.05) is 23.6 Å². The molecule has 5 rings (SSSR count). The first-order valence-electron chi connectivity index (χ1n) is 10.9. The zero-order chi connectivity index (χ0) is 19.6. The molecule has 0 amide bonds. The molecule has 7 nitrogen and oxygen atoms in total. The Kier molecular flexibility index (Phi) is 5.54. The van der Waals surface area contributed by atoms with Crippen molar-refractivity contribution in [3.63, 3.8) is 0 Å². The van der Waals surface area contributed by atoms with Crippen molar-refractivity contribution in [1.82, 2.24) is 15.0 Å². The average Bonchev–Trinajstić information content (AvgIpc) is 3.24. The van der Waals surface area contributed by atoms with Crippen LogP contribution < -0.4 is 14.7 Å². The van der Waals surface area contributed by atoms with E-state index in [1.165, 1.54) is 41.4 Å². The Morgan fingerprint density at radius 1 is 1.03 bits per heavy atom. The molecule has 29 heavy (non-hydrogen) atoms. The van der Waals surface area contributed by atoms with Gasteiger partial charge in [0.15, 0.2) is 5.13 Å². The first kappa shape index (κ1) is 19.1. The monoisotopic (exact) mass is 414 g/mol. The lowest BCUT2D eigenvalue weighted by atomic mass is 10.0. The Balaban J connectivity index is 1.22. The van der Waals surface area contributed by atoms with E-state index in [1.54, 1.807) is 0 Å². The van der Waals surface area contributed by atoms with Crippen LogP contribution in [-0.2, 0) is 17.6 Å². The third kappa shape index (κ3) is 4.05. The summed E-state index contributed by atoms with van der Waals surface area (Å²) in [6.07, 6.45) is 9.19. The van der Waals surface area contributed by atoms with E-state index in [9.17, 15) is 0 Å². The first-order valence-corrected chi connectivity index (χ1v) is 11.7. The van der Waals surface area contributed by atoms with Gasteiger partial charge in [0.2, 0.25) is 5.95 Å². The van der Waals surface area contributed by atoms with Gasteiger partial charge in [-0.1, -0.05) is 0 Å². The van der Waals surface area contributed by atoms with Gasteiger partial charge in [-0.3, -0.25) is 0 Å². The van der Waals surface area contributed by atoms with Crippen molar-refractivity contribution in [3.8, 4) is 0 Å². The molecule has 1 aliphatic carbocycles. The molecule has 0 unspecified atom stereocenters. The summed E-state index contributed by atoms with van der Waals surface area (Å²) in [6, 6.07) is 2.54. The van der Waals surface area contributed by atoms with Gasteiger partial charge in [-0.15, -0.1) is 11.3 Å². The van der Waals surface area contributed by atoms with Gasteiger partial charge in [0.25, 0.3) is 0 Å². The van der Waals surface area contributed by atoms with E-state index in [-0.39, 0.29) is 0 Å². The summed E-state index contributed by atoms with van der Waals surface area (Å²) < 4.78 is 5.45. The number of anilines is 3. The quantitative estimate of drug-likeness (QED) is 0.762. The Bertz CT molecular complexity index is 805. The van der Waals surface area contributed by atoms with Crippen molar-refractivity contribution < 1.29 is 4.74 Å². The smallest absolute Gasteiger partial charge is 0.227 e. The molecule has 0 saturated carbocycles. The van der Waals surface area contributed by atoms with Crippen molar-refractivity contribution in [2.75, 3.05) is 61.1 Å². The van der Waals surface area contributed by atoms with E-state index in [0.29, 0.717) is 6.04 Å². The maximum atomic E-state index is 5.45. The van der Waals surface area contributed by atoms with Crippen LogP contribution in [0.15, 0.2) is 12.3 Å². The molecule has 0 bridgehead atoms. The number of fused-ring (bicyclic) bond motifs is 1. The van der Waals surface area contributed by atoms with Crippen LogP contribution in [0.1, 0.15) is 36.3 Å². The Hall–Kier alpha value is -1.93. The average molecular weight is 415 g/mol. The fourth-order valence-corrected chi connectivity index (χ4v) is 5.76. The molecule has 8 heteroatoms. The molecule has 2 fully saturated rings. The fraction of sp³-hybridized carbons (Fsp3) is 0.667. The second-order valence-electron chi connectivity index (χ2n) is 8.22. The maximum absolute atomic E-state index is 5.45. The second-order valence-corrected chi connectivity index (χ2v) is 9.28. The van der Waals surface area contributed by atoms with Crippen LogP contribution >= 0.6 is 11.3 Å². The lowest BCUT2D eigenvalue weighted by Gasteiger charge is -2.37. The number of aromatic nitrogens is 3. The molecule has 0 N–H and O–H groups in total. The topological polar surface area (TPSA) is 57.6 Å². The highest BCUT2D eigenvalue weighted by atomic mass is 32.1. The Morgan fingerprint density at radius 3 is 2.62 bits per heavy atom. The molecule has 2 aromatic heterocycles. The van der Waals surface area contributed by atoms with Gasteiger partial charge in [0.1, 0.15) is 5.82 Å². The Labute approximate surface area is 176 Å².